The van der Waals surface area contributed by atoms with Gasteiger partial charge in [-0.2, -0.15) is 0 Å². The van der Waals surface area contributed by atoms with Gasteiger partial charge in [0.2, 0.25) is 0 Å². The molecule has 2 aromatic rings. The number of nitrogens with zero attached hydrogens (tertiary/aromatic N) is 1. The van der Waals surface area contributed by atoms with Crippen LogP contribution in [-0.2, 0) is 4.74 Å². The summed E-state index contributed by atoms with van der Waals surface area (Å²) in [5, 5.41) is 4.82. The molecule has 0 spiro atoms. The van der Waals surface area contributed by atoms with Crippen LogP contribution in [0, 0.1) is 0 Å². The first-order valence-electron chi connectivity index (χ1n) is 7.01. The van der Waals surface area contributed by atoms with Crippen molar-refractivity contribution in [3.63, 3.8) is 0 Å². The van der Waals surface area contributed by atoms with Crippen molar-refractivity contribution in [2.24, 2.45) is 0 Å². The van der Waals surface area contributed by atoms with E-state index in [1.54, 1.807) is 0 Å². The van der Waals surface area contributed by atoms with Gasteiger partial charge in [-0.3, -0.25) is 4.98 Å². The minimum Gasteiger partial charge on any atom is -0.379 e. The molecule has 1 aromatic heterocycles. The second-order valence-electron chi connectivity index (χ2n) is 5.19. The number of ether oxygens (including phenoxy) is 1. The Labute approximate surface area is 114 Å². The summed E-state index contributed by atoms with van der Waals surface area (Å²) in [6, 6.07) is 10.8. The zero-order valence-corrected chi connectivity index (χ0v) is 11.3. The van der Waals surface area contributed by atoms with E-state index in [4.69, 9.17) is 4.74 Å². The number of pyridine rings is 1. The first-order chi connectivity index (χ1) is 9.38. The summed E-state index contributed by atoms with van der Waals surface area (Å²) in [7, 11) is 1.81. The Morgan fingerprint density at radius 1 is 1.16 bits per heavy atom. The van der Waals surface area contributed by atoms with E-state index in [-0.39, 0.29) is 0 Å². The van der Waals surface area contributed by atoms with Gasteiger partial charge in [0.15, 0.2) is 0 Å². The topological polar surface area (TPSA) is 34.1 Å². The van der Waals surface area contributed by atoms with Gasteiger partial charge in [-0.25, -0.2) is 0 Å². The lowest BCUT2D eigenvalue weighted by atomic mass is 9.92. The molecule has 1 aliphatic rings. The van der Waals surface area contributed by atoms with E-state index in [1.165, 1.54) is 24.6 Å². The maximum atomic E-state index is 5.61. The molecule has 1 heterocycles. The molecule has 0 radical (unpaired) electrons. The molecule has 2 unspecified atom stereocenters. The fraction of sp³-hybridized carbons (Fsp3) is 0.438. The fourth-order valence-electron chi connectivity index (χ4n) is 2.96. The van der Waals surface area contributed by atoms with Crippen LogP contribution in [0.4, 0.5) is 5.69 Å². The summed E-state index contributed by atoms with van der Waals surface area (Å²) < 4.78 is 5.61. The van der Waals surface area contributed by atoms with Gasteiger partial charge in [0.1, 0.15) is 0 Å². The average Bonchev–Trinajstić information content (AvgIpc) is 2.48. The molecule has 1 fully saturated rings. The third-order valence-corrected chi connectivity index (χ3v) is 3.98. The van der Waals surface area contributed by atoms with Crippen molar-refractivity contribution in [3.05, 3.63) is 36.5 Å². The lowest BCUT2D eigenvalue weighted by Crippen LogP contribution is -2.37. The number of methoxy groups -OCH3 is 1. The number of hydrogen-bond donors (Lipinski definition) is 1. The van der Waals surface area contributed by atoms with Gasteiger partial charge < -0.3 is 10.1 Å². The highest BCUT2D eigenvalue weighted by Crippen LogP contribution is 2.27. The van der Waals surface area contributed by atoms with Crippen molar-refractivity contribution in [3.8, 4) is 0 Å². The monoisotopic (exact) mass is 256 g/mol. The first kappa shape index (κ1) is 12.4. The number of fused-ring (bicyclic) bond motifs is 1. The van der Waals surface area contributed by atoms with E-state index in [1.807, 2.05) is 19.4 Å². The SMILES string of the molecule is COC1CCCCC1Nc1cccc2cccnc12. The van der Waals surface area contributed by atoms with Crippen LogP contribution in [0.15, 0.2) is 36.5 Å². The molecule has 1 N–H and O–H groups in total. The summed E-state index contributed by atoms with van der Waals surface area (Å²) in [6.07, 6.45) is 7.02. The number of nitrogens with one attached hydrogen (secondary N) is 1. The Bertz CT molecular complexity index is 550. The molecular formula is C16H20N2O. The largest absolute Gasteiger partial charge is 0.379 e. The normalized spacial score (nSPS) is 23.4. The highest BCUT2D eigenvalue weighted by Gasteiger charge is 2.25. The second kappa shape index (κ2) is 5.57. The minimum atomic E-state index is 0.313. The third kappa shape index (κ3) is 2.56. The van der Waals surface area contributed by atoms with E-state index < -0.39 is 0 Å². The van der Waals surface area contributed by atoms with Gasteiger partial charge in [-0.1, -0.05) is 31.0 Å². The zero-order valence-electron chi connectivity index (χ0n) is 11.3. The number of para-hydroxylation sites is 1. The van der Waals surface area contributed by atoms with Crippen LogP contribution in [0.1, 0.15) is 25.7 Å². The lowest BCUT2D eigenvalue weighted by molar-refractivity contribution is 0.0606. The lowest BCUT2D eigenvalue weighted by Gasteiger charge is -2.32. The van der Waals surface area contributed by atoms with E-state index >= 15 is 0 Å². The highest BCUT2D eigenvalue weighted by atomic mass is 16.5. The molecule has 100 valence electrons. The van der Waals surface area contributed by atoms with Gasteiger partial charge in [-0.15, -0.1) is 0 Å². The summed E-state index contributed by atoms with van der Waals surface area (Å²) >= 11 is 0. The smallest absolute Gasteiger partial charge is 0.0933 e. The molecule has 2 atom stereocenters. The Kier molecular flexibility index (Phi) is 3.65. The van der Waals surface area contributed by atoms with Crippen molar-refractivity contribution in [2.45, 2.75) is 37.8 Å². The van der Waals surface area contributed by atoms with Gasteiger partial charge >= 0.3 is 0 Å². The Balaban J connectivity index is 1.88. The van der Waals surface area contributed by atoms with E-state index in [9.17, 15) is 0 Å². The summed E-state index contributed by atoms with van der Waals surface area (Å²) in [6.45, 7) is 0. The van der Waals surface area contributed by atoms with Gasteiger partial charge in [-0.05, 0) is 25.0 Å². The standard InChI is InChI=1S/C16H20N2O/c1-19-15-10-3-2-8-13(15)18-14-9-4-6-12-7-5-11-17-16(12)14/h4-7,9,11,13,15,18H,2-3,8,10H2,1H3. The van der Waals surface area contributed by atoms with Gasteiger partial charge in [0.25, 0.3) is 0 Å². The number of anilines is 1. The maximum Gasteiger partial charge on any atom is 0.0933 e. The van der Waals surface area contributed by atoms with Crippen molar-refractivity contribution >= 4 is 16.6 Å². The molecule has 3 rings (SSSR count). The van der Waals surface area contributed by atoms with Gasteiger partial charge in [0, 0.05) is 18.7 Å². The Morgan fingerprint density at radius 2 is 2.00 bits per heavy atom. The summed E-state index contributed by atoms with van der Waals surface area (Å²) in [5.74, 6) is 0. The van der Waals surface area contributed by atoms with Crippen molar-refractivity contribution in [1.29, 1.82) is 0 Å². The van der Waals surface area contributed by atoms with Crippen LogP contribution in [0.5, 0.6) is 0 Å². The van der Waals surface area contributed by atoms with Gasteiger partial charge in [0.05, 0.1) is 23.3 Å². The van der Waals surface area contributed by atoms with Crippen molar-refractivity contribution in [2.75, 3.05) is 12.4 Å². The Morgan fingerprint density at radius 3 is 2.89 bits per heavy atom. The molecule has 19 heavy (non-hydrogen) atoms. The third-order valence-electron chi connectivity index (χ3n) is 3.98. The fourth-order valence-corrected chi connectivity index (χ4v) is 2.96. The summed E-state index contributed by atoms with van der Waals surface area (Å²) in [4.78, 5) is 4.49. The maximum absolute atomic E-state index is 5.61. The van der Waals surface area contributed by atoms with Crippen molar-refractivity contribution in [1.82, 2.24) is 4.98 Å². The number of benzene rings is 1. The number of hydrogen-bond acceptors (Lipinski definition) is 3. The zero-order chi connectivity index (χ0) is 13.1. The Hall–Kier alpha value is -1.61. The van der Waals surface area contributed by atoms with Crippen molar-refractivity contribution < 1.29 is 4.74 Å². The van der Waals surface area contributed by atoms with Crippen LogP contribution < -0.4 is 5.32 Å². The molecule has 3 nitrogen and oxygen atoms in total. The first-order valence-corrected chi connectivity index (χ1v) is 7.01. The molecule has 0 bridgehead atoms. The number of rotatable bonds is 3. The second-order valence-corrected chi connectivity index (χ2v) is 5.19. The molecule has 1 saturated carbocycles. The molecule has 0 aliphatic heterocycles. The average molecular weight is 256 g/mol. The van der Waals surface area contributed by atoms with Crippen LogP contribution in [0.2, 0.25) is 0 Å². The molecule has 1 aromatic carbocycles. The van der Waals surface area contributed by atoms with E-state index in [2.05, 4.69) is 34.6 Å². The van der Waals surface area contributed by atoms with E-state index in [0.29, 0.717) is 12.1 Å². The minimum absolute atomic E-state index is 0.313. The molecule has 1 aliphatic carbocycles. The van der Waals surface area contributed by atoms with E-state index in [0.717, 1.165) is 17.6 Å². The van der Waals surface area contributed by atoms with Crippen LogP contribution in [-0.4, -0.2) is 24.2 Å². The van der Waals surface area contributed by atoms with Crippen LogP contribution in [0.25, 0.3) is 10.9 Å². The predicted octanol–water partition coefficient (Wildman–Crippen LogP) is 3.60. The predicted molar refractivity (Wildman–Crippen MR) is 78.4 cm³/mol. The molecule has 3 heteroatoms. The highest BCUT2D eigenvalue weighted by molar-refractivity contribution is 5.90. The molecular weight excluding hydrogens is 236 g/mol. The number of aromatic nitrogens is 1. The molecule has 0 amide bonds. The molecule has 0 saturated heterocycles. The van der Waals surface area contributed by atoms with Crippen LogP contribution in [0.3, 0.4) is 0 Å². The summed E-state index contributed by atoms with van der Waals surface area (Å²) in [5.41, 5.74) is 2.16. The van der Waals surface area contributed by atoms with Crippen LogP contribution >= 0.6 is 0 Å². The quantitative estimate of drug-likeness (QED) is 0.911.